The third-order valence-electron chi connectivity index (χ3n) is 9.32. The number of ketones is 2. The highest BCUT2D eigenvalue weighted by molar-refractivity contribution is 6.24. The van der Waals surface area contributed by atoms with Gasteiger partial charge in [0.2, 0.25) is 11.7 Å². The number of primary amides is 1. The molecule has 4 aliphatic rings. The Kier molecular flexibility index (Phi) is 6.36. The molecule has 3 saturated carbocycles. The van der Waals surface area contributed by atoms with Crippen molar-refractivity contribution >= 4 is 28.9 Å². The molecule has 0 saturated heterocycles. The van der Waals surface area contributed by atoms with Gasteiger partial charge in [0.1, 0.15) is 17.4 Å². The summed E-state index contributed by atoms with van der Waals surface area (Å²) < 4.78 is 0. The highest BCUT2D eigenvalue weighted by Crippen LogP contribution is 2.53. The molecule has 38 heavy (non-hydrogen) atoms. The average Bonchev–Trinajstić information content (AvgIpc) is 3.27. The number of hydrogen-bond donors (Lipinski definition) is 6. The minimum Gasteiger partial charge on any atom is -0.507 e. The van der Waals surface area contributed by atoms with Crippen LogP contribution in [0.5, 0.6) is 5.75 Å². The van der Waals surface area contributed by atoms with Crippen LogP contribution < -0.4 is 10.6 Å². The van der Waals surface area contributed by atoms with Crippen molar-refractivity contribution in [2.24, 2.45) is 23.5 Å². The van der Waals surface area contributed by atoms with E-state index in [9.17, 15) is 39.9 Å². The lowest BCUT2D eigenvalue weighted by Gasteiger charge is -2.48. The number of carbonyl (C=O) groups is 3. The van der Waals surface area contributed by atoms with E-state index in [2.05, 4.69) is 0 Å². The van der Waals surface area contributed by atoms with E-state index in [1.807, 2.05) is 25.1 Å². The van der Waals surface area contributed by atoms with Crippen LogP contribution in [0.15, 0.2) is 11.6 Å². The summed E-state index contributed by atoms with van der Waals surface area (Å²) in [6.45, 7) is 0. The monoisotopic (exact) mass is 528 g/mol. The van der Waals surface area contributed by atoms with Gasteiger partial charge in [-0.05, 0) is 68.1 Å². The summed E-state index contributed by atoms with van der Waals surface area (Å²) in [6.07, 6.45) is 2.90. The number of aromatic hydroxyl groups is 1. The van der Waals surface area contributed by atoms with E-state index >= 15 is 0 Å². The van der Waals surface area contributed by atoms with E-state index in [1.165, 1.54) is 0 Å². The SMILES string of the molecule is CN(C)c1cc(CCC2(O)CCCC2)c(O)c2c1C[C@H]1C[C@H]3CC(O)C(C(N)=O)C(=O)[C@@]3(O)C(=O)C1=C2O. The lowest BCUT2D eigenvalue weighted by Crippen LogP contribution is -2.66. The van der Waals surface area contributed by atoms with Gasteiger partial charge in [0.25, 0.3) is 0 Å². The molecule has 0 aliphatic heterocycles. The zero-order chi connectivity index (χ0) is 27.7. The maximum atomic E-state index is 13.7. The van der Waals surface area contributed by atoms with Crippen molar-refractivity contribution in [2.45, 2.75) is 75.1 Å². The van der Waals surface area contributed by atoms with Gasteiger partial charge in [-0.2, -0.15) is 0 Å². The number of nitrogens with zero attached hydrogens (tertiary/aromatic N) is 1. The average molecular weight is 529 g/mol. The lowest BCUT2D eigenvalue weighted by atomic mass is 9.56. The molecule has 2 unspecified atom stereocenters. The van der Waals surface area contributed by atoms with Crippen LogP contribution in [0.2, 0.25) is 0 Å². The van der Waals surface area contributed by atoms with E-state index < -0.39 is 58.3 Å². The van der Waals surface area contributed by atoms with Gasteiger partial charge in [-0.25, -0.2) is 0 Å². The predicted octanol–water partition coefficient (Wildman–Crippen LogP) is 0.893. The molecule has 0 bridgehead atoms. The van der Waals surface area contributed by atoms with Gasteiger partial charge in [0, 0.05) is 31.3 Å². The van der Waals surface area contributed by atoms with Gasteiger partial charge in [0.05, 0.1) is 17.3 Å². The summed E-state index contributed by atoms with van der Waals surface area (Å²) in [5, 5.41) is 55.4. The van der Waals surface area contributed by atoms with Crippen LogP contribution in [-0.4, -0.2) is 74.4 Å². The van der Waals surface area contributed by atoms with Gasteiger partial charge in [-0.1, -0.05) is 12.8 Å². The zero-order valence-electron chi connectivity index (χ0n) is 21.7. The molecule has 10 nitrogen and oxygen atoms in total. The van der Waals surface area contributed by atoms with Crippen LogP contribution in [0.1, 0.15) is 61.6 Å². The van der Waals surface area contributed by atoms with E-state index in [1.54, 1.807) is 0 Å². The zero-order valence-corrected chi connectivity index (χ0v) is 21.7. The van der Waals surface area contributed by atoms with Crippen LogP contribution in [0.25, 0.3) is 5.76 Å². The fraction of sp³-hybridized carbons (Fsp3) is 0.607. The normalized spacial score (nSPS) is 32.0. The number of hydrogen-bond acceptors (Lipinski definition) is 9. The Labute approximate surface area is 220 Å². The Hall–Kier alpha value is -2.95. The Balaban J connectivity index is 1.60. The molecule has 0 aromatic heterocycles. The summed E-state index contributed by atoms with van der Waals surface area (Å²) in [4.78, 5) is 40.6. The smallest absolute Gasteiger partial charge is 0.230 e. The first-order chi connectivity index (χ1) is 17.8. The third-order valence-corrected chi connectivity index (χ3v) is 9.32. The van der Waals surface area contributed by atoms with Gasteiger partial charge >= 0.3 is 0 Å². The Morgan fingerprint density at radius 3 is 2.39 bits per heavy atom. The molecule has 1 aromatic rings. The number of carbonyl (C=O) groups excluding carboxylic acids is 3. The van der Waals surface area contributed by atoms with Crippen molar-refractivity contribution in [3.8, 4) is 5.75 Å². The number of aryl methyl sites for hydroxylation is 1. The molecule has 1 amide bonds. The van der Waals surface area contributed by atoms with E-state index in [0.717, 1.165) is 18.5 Å². The second-order valence-electron chi connectivity index (χ2n) is 11.8. The molecular formula is C28H36N2O8. The fourth-order valence-electron chi connectivity index (χ4n) is 7.27. The van der Waals surface area contributed by atoms with E-state index in [4.69, 9.17) is 5.73 Å². The molecule has 10 heteroatoms. The quantitative estimate of drug-likeness (QED) is 0.302. The minimum absolute atomic E-state index is 0.0843. The topological polar surface area (TPSA) is 182 Å². The number of aliphatic hydroxyl groups excluding tert-OH is 2. The number of phenols is 1. The summed E-state index contributed by atoms with van der Waals surface area (Å²) in [6, 6.07) is 1.84. The van der Waals surface area contributed by atoms with Gasteiger partial charge in [-0.15, -0.1) is 0 Å². The Bertz CT molecular complexity index is 1250. The highest BCUT2D eigenvalue weighted by atomic mass is 16.3. The number of benzene rings is 1. The van der Waals surface area contributed by atoms with Crippen molar-refractivity contribution in [1.82, 2.24) is 0 Å². The number of Topliss-reactive ketones (excluding diaryl/α,β-unsaturated/α-hetero) is 2. The molecule has 206 valence electrons. The van der Waals surface area contributed by atoms with E-state index in [0.29, 0.717) is 36.8 Å². The Morgan fingerprint density at radius 2 is 1.79 bits per heavy atom. The molecule has 1 aromatic carbocycles. The number of amides is 1. The summed E-state index contributed by atoms with van der Waals surface area (Å²) >= 11 is 0. The third kappa shape index (κ3) is 3.84. The number of nitrogens with two attached hydrogens (primary N) is 1. The second-order valence-corrected chi connectivity index (χ2v) is 11.8. The minimum atomic E-state index is -2.60. The first kappa shape index (κ1) is 26.6. The number of phenolic OH excluding ortho intramolecular Hbond substituents is 1. The van der Waals surface area contributed by atoms with Crippen LogP contribution in [0.3, 0.4) is 0 Å². The number of fused-ring (bicyclic) bond motifs is 3. The van der Waals surface area contributed by atoms with Gasteiger partial charge < -0.3 is 36.2 Å². The van der Waals surface area contributed by atoms with E-state index in [-0.39, 0.29) is 36.1 Å². The van der Waals surface area contributed by atoms with Gasteiger partial charge in [-0.3, -0.25) is 14.4 Å². The molecule has 7 N–H and O–H groups in total. The van der Waals surface area contributed by atoms with Crippen LogP contribution in [0, 0.1) is 17.8 Å². The number of aliphatic hydroxyl groups is 4. The summed E-state index contributed by atoms with van der Waals surface area (Å²) in [5.74, 6) is -7.22. The van der Waals surface area contributed by atoms with Crippen molar-refractivity contribution in [3.05, 3.63) is 28.3 Å². The molecule has 0 heterocycles. The van der Waals surface area contributed by atoms with Crippen molar-refractivity contribution in [1.29, 1.82) is 0 Å². The predicted molar refractivity (Wildman–Crippen MR) is 137 cm³/mol. The van der Waals surface area contributed by atoms with Crippen LogP contribution in [-0.2, 0) is 27.2 Å². The second kappa shape index (κ2) is 9.07. The van der Waals surface area contributed by atoms with Gasteiger partial charge in [0.15, 0.2) is 11.4 Å². The standard InChI is InChI=1S/C28H36N2O8/c1-30(2)17-11-13(5-8-27(37)6-3-4-7-27)22(32)20-16(17)10-14-9-15-12-18(31)21(26(29)36)25(35)28(15,38)24(34)19(14)23(20)33/h11,14-15,18,21,31-33,37-38H,3-10,12H2,1-2H3,(H2,29,36)/t14-,15+,18?,21?,28+/m1/s1. The molecule has 5 rings (SSSR count). The maximum absolute atomic E-state index is 13.7. The van der Waals surface area contributed by atoms with Crippen LogP contribution in [0.4, 0.5) is 5.69 Å². The molecular weight excluding hydrogens is 492 g/mol. The number of anilines is 1. The first-order valence-corrected chi connectivity index (χ1v) is 13.3. The van der Waals surface area contributed by atoms with Crippen LogP contribution >= 0.6 is 0 Å². The Morgan fingerprint density at radius 1 is 1.13 bits per heavy atom. The molecule has 0 spiro atoms. The molecule has 5 atom stereocenters. The van der Waals surface area contributed by atoms with Crippen molar-refractivity contribution in [3.63, 3.8) is 0 Å². The summed E-state index contributed by atoms with van der Waals surface area (Å²) in [7, 11) is 3.67. The first-order valence-electron chi connectivity index (χ1n) is 13.3. The molecule has 3 fully saturated rings. The highest BCUT2D eigenvalue weighted by Gasteiger charge is 2.64. The molecule has 0 radical (unpaired) electrons. The molecule has 4 aliphatic carbocycles. The summed E-state index contributed by atoms with van der Waals surface area (Å²) in [5.41, 5.74) is 3.74. The number of rotatable bonds is 5. The fourth-order valence-corrected chi connectivity index (χ4v) is 7.27. The lowest BCUT2D eigenvalue weighted by molar-refractivity contribution is -0.174. The largest absolute Gasteiger partial charge is 0.507 e. The van der Waals surface area contributed by atoms with Crippen molar-refractivity contribution < 1.29 is 39.9 Å². The van der Waals surface area contributed by atoms with Crippen molar-refractivity contribution in [2.75, 3.05) is 19.0 Å². The maximum Gasteiger partial charge on any atom is 0.230 e.